The number of halogens is 3. The Bertz CT molecular complexity index is 922. The molecule has 0 aliphatic rings. The van der Waals surface area contributed by atoms with Crippen LogP contribution in [0.3, 0.4) is 0 Å². The summed E-state index contributed by atoms with van der Waals surface area (Å²) in [7, 11) is 0. The Labute approximate surface area is 177 Å². The Morgan fingerprint density at radius 3 is 1.87 bits per heavy atom. The van der Waals surface area contributed by atoms with Crippen molar-refractivity contribution in [3.8, 4) is 5.75 Å². The lowest BCUT2D eigenvalue weighted by atomic mass is 10.2. The quantitative estimate of drug-likeness (QED) is 0.468. The standard InChI is InChI=1S/C23H20F3NO4/c24-23(25,26)31-20-13-7-12-19(14-20)27-21(28)22(29-15-17-8-3-1-4-9-17)30-16-18-10-5-2-6-11-18/h1-14,22H,15-16H2,(H,27,28). The van der Waals surface area contributed by atoms with Gasteiger partial charge in [-0.3, -0.25) is 4.79 Å². The van der Waals surface area contributed by atoms with Crippen LogP contribution in [0.25, 0.3) is 0 Å². The van der Waals surface area contributed by atoms with Gasteiger partial charge in [0.2, 0.25) is 6.29 Å². The van der Waals surface area contributed by atoms with Crippen LogP contribution in [0.4, 0.5) is 18.9 Å². The van der Waals surface area contributed by atoms with E-state index in [4.69, 9.17) is 9.47 Å². The second-order valence-corrected chi connectivity index (χ2v) is 6.49. The summed E-state index contributed by atoms with van der Waals surface area (Å²) in [5.74, 6) is -1.10. The third-order valence-electron chi connectivity index (χ3n) is 4.04. The molecule has 5 nitrogen and oxygen atoms in total. The second kappa shape index (κ2) is 10.6. The van der Waals surface area contributed by atoms with Gasteiger partial charge in [-0.2, -0.15) is 0 Å². The van der Waals surface area contributed by atoms with E-state index in [0.717, 1.165) is 23.3 Å². The van der Waals surface area contributed by atoms with Gasteiger partial charge in [0.05, 0.1) is 13.2 Å². The summed E-state index contributed by atoms with van der Waals surface area (Å²) in [5, 5.41) is 2.50. The first kappa shape index (κ1) is 22.3. The zero-order valence-corrected chi connectivity index (χ0v) is 16.3. The molecule has 0 aromatic heterocycles. The zero-order valence-electron chi connectivity index (χ0n) is 16.3. The molecule has 3 rings (SSSR count). The van der Waals surface area contributed by atoms with Crippen molar-refractivity contribution in [3.05, 3.63) is 96.1 Å². The molecule has 0 radical (unpaired) electrons. The molecule has 1 amide bonds. The average molecular weight is 431 g/mol. The van der Waals surface area contributed by atoms with Crippen LogP contribution in [-0.2, 0) is 27.5 Å². The van der Waals surface area contributed by atoms with E-state index in [1.807, 2.05) is 60.7 Å². The van der Waals surface area contributed by atoms with Crippen molar-refractivity contribution in [1.82, 2.24) is 0 Å². The molecular weight excluding hydrogens is 411 g/mol. The molecule has 0 saturated heterocycles. The number of ether oxygens (including phenoxy) is 3. The topological polar surface area (TPSA) is 56.8 Å². The van der Waals surface area contributed by atoms with Crippen LogP contribution in [0.2, 0.25) is 0 Å². The predicted octanol–water partition coefficient (Wildman–Crippen LogP) is 5.28. The number of hydrogen-bond donors (Lipinski definition) is 1. The van der Waals surface area contributed by atoms with Gasteiger partial charge in [-0.05, 0) is 23.3 Å². The molecule has 8 heteroatoms. The van der Waals surface area contributed by atoms with Crippen LogP contribution in [0, 0.1) is 0 Å². The minimum absolute atomic E-state index is 0.114. The fraction of sp³-hybridized carbons (Fsp3) is 0.174. The SMILES string of the molecule is O=C(Nc1cccc(OC(F)(F)F)c1)C(OCc1ccccc1)OCc1ccccc1. The van der Waals surface area contributed by atoms with Crippen LogP contribution in [-0.4, -0.2) is 18.6 Å². The molecule has 0 atom stereocenters. The number of alkyl halides is 3. The largest absolute Gasteiger partial charge is 0.573 e. The van der Waals surface area contributed by atoms with Crippen molar-refractivity contribution in [2.45, 2.75) is 25.9 Å². The maximum absolute atomic E-state index is 12.7. The van der Waals surface area contributed by atoms with E-state index in [9.17, 15) is 18.0 Å². The molecule has 1 N–H and O–H groups in total. The van der Waals surface area contributed by atoms with Gasteiger partial charge >= 0.3 is 6.36 Å². The van der Waals surface area contributed by atoms with Crippen molar-refractivity contribution in [2.75, 3.05) is 5.32 Å². The highest BCUT2D eigenvalue weighted by Gasteiger charge is 2.31. The normalized spacial score (nSPS) is 11.4. The number of benzene rings is 3. The van der Waals surface area contributed by atoms with Gasteiger partial charge in [0, 0.05) is 11.8 Å². The Morgan fingerprint density at radius 2 is 1.35 bits per heavy atom. The van der Waals surface area contributed by atoms with Crippen LogP contribution in [0.15, 0.2) is 84.9 Å². The molecule has 0 unspecified atom stereocenters. The molecule has 31 heavy (non-hydrogen) atoms. The van der Waals surface area contributed by atoms with Crippen LogP contribution in [0.1, 0.15) is 11.1 Å². The first-order valence-corrected chi connectivity index (χ1v) is 9.37. The van der Waals surface area contributed by atoms with E-state index in [1.165, 1.54) is 12.1 Å². The molecule has 162 valence electrons. The van der Waals surface area contributed by atoms with Crippen molar-refractivity contribution in [1.29, 1.82) is 0 Å². The third-order valence-corrected chi connectivity index (χ3v) is 4.04. The van der Waals surface area contributed by atoms with Gasteiger partial charge < -0.3 is 19.5 Å². The Balaban J connectivity index is 1.68. The summed E-state index contributed by atoms with van der Waals surface area (Å²) >= 11 is 0. The number of amides is 1. The van der Waals surface area contributed by atoms with E-state index < -0.39 is 24.3 Å². The molecule has 0 aliphatic heterocycles. The summed E-state index contributed by atoms with van der Waals surface area (Å²) in [4.78, 5) is 12.7. The van der Waals surface area contributed by atoms with Crippen LogP contribution in [0.5, 0.6) is 5.75 Å². The maximum atomic E-state index is 12.7. The predicted molar refractivity (Wildman–Crippen MR) is 108 cm³/mol. The van der Waals surface area contributed by atoms with E-state index >= 15 is 0 Å². The van der Waals surface area contributed by atoms with Gasteiger partial charge in [-0.25, -0.2) is 0 Å². The summed E-state index contributed by atoms with van der Waals surface area (Å²) in [6, 6.07) is 23.4. The third kappa shape index (κ3) is 7.76. The molecule has 0 heterocycles. The van der Waals surface area contributed by atoms with E-state index in [1.54, 1.807) is 0 Å². The van der Waals surface area contributed by atoms with Crippen molar-refractivity contribution < 1.29 is 32.2 Å². The number of rotatable bonds is 9. The average Bonchev–Trinajstić information content (AvgIpc) is 2.74. The first-order chi connectivity index (χ1) is 14.9. The molecule has 3 aromatic carbocycles. The summed E-state index contributed by atoms with van der Waals surface area (Å²) in [6.45, 7) is 0.232. The lowest BCUT2D eigenvalue weighted by Gasteiger charge is -2.19. The van der Waals surface area contributed by atoms with Crippen molar-refractivity contribution in [2.24, 2.45) is 0 Å². The molecule has 0 aliphatic carbocycles. The van der Waals surface area contributed by atoms with Gasteiger partial charge in [-0.1, -0.05) is 66.7 Å². The minimum Gasteiger partial charge on any atom is -0.406 e. The zero-order chi connectivity index (χ0) is 22.1. The van der Waals surface area contributed by atoms with Gasteiger partial charge in [-0.15, -0.1) is 13.2 Å². The van der Waals surface area contributed by atoms with Gasteiger partial charge in [0.25, 0.3) is 5.91 Å². The van der Waals surface area contributed by atoms with E-state index in [0.29, 0.717) is 0 Å². The highest BCUT2D eigenvalue weighted by molar-refractivity contribution is 5.93. The number of anilines is 1. The lowest BCUT2D eigenvalue weighted by molar-refractivity contribution is -0.274. The van der Waals surface area contributed by atoms with E-state index in [-0.39, 0.29) is 18.9 Å². The van der Waals surface area contributed by atoms with Crippen LogP contribution >= 0.6 is 0 Å². The Morgan fingerprint density at radius 1 is 0.806 bits per heavy atom. The Kier molecular flexibility index (Phi) is 7.64. The van der Waals surface area contributed by atoms with Crippen molar-refractivity contribution >= 4 is 11.6 Å². The Hall–Kier alpha value is -3.36. The number of hydrogen-bond acceptors (Lipinski definition) is 4. The highest BCUT2D eigenvalue weighted by Crippen LogP contribution is 2.25. The lowest BCUT2D eigenvalue weighted by Crippen LogP contribution is -2.33. The number of nitrogens with one attached hydrogen (secondary N) is 1. The highest BCUT2D eigenvalue weighted by atomic mass is 19.4. The fourth-order valence-electron chi connectivity index (χ4n) is 2.66. The number of carbonyl (C=O) groups is 1. The van der Waals surface area contributed by atoms with Gasteiger partial charge in [0.1, 0.15) is 5.75 Å². The first-order valence-electron chi connectivity index (χ1n) is 9.37. The molecule has 0 saturated carbocycles. The second-order valence-electron chi connectivity index (χ2n) is 6.49. The van der Waals surface area contributed by atoms with Crippen LogP contribution < -0.4 is 10.1 Å². The van der Waals surface area contributed by atoms with Gasteiger partial charge in [0.15, 0.2) is 0 Å². The fourth-order valence-corrected chi connectivity index (χ4v) is 2.66. The monoisotopic (exact) mass is 431 g/mol. The summed E-state index contributed by atoms with van der Waals surface area (Å²) < 4.78 is 52.5. The molecule has 0 bridgehead atoms. The molecule has 0 spiro atoms. The summed E-state index contributed by atoms with van der Waals surface area (Å²) in [5.41, 5.74) is 1.79. The summed E-state index contributed by atoms with van der Waals surface area (Å²) in [6.07, 6.45) is -6.12. The van der Waals surface area contributed by atoms with E-state index in [2.05, 4.69) is 10.1 Å². The smallest absolute Gasteiger partial charge is 0.406 e. The molecular formula is C23H20F3NO4. The number of carbonyl (C=O) groups excluding carboxylic acids is 1. The maximum Gasteiger partial charge on any atom is 0.573 e. The minimum atomic E-state index is -4.83. The molecule has 3 aromatic rings. The molecule has 0 fully saturated rings. The van der Waals surface area contributed by atoms with Crippen molar-refractivity contribution in [3.63, 3.8) is 0 Å².